The van der Waals surface area contributed by atoms with E-state index in [1.54, 1.807) is 0 Å². The highest BCUT2D eigenvalue weighted by Crippen LogP contribution is 2.17. The Kier molecular flexibility index (Phi) is 8.63. The maximum atomic E-state index is 12.3. The largest absolute Gasteiger partial charge is 0.363 e. The Morgan fingerprint density at radius 3 is 2.10 bits per heavy atom. The van der Waals surface area contributed by atoms with Crippen LogP contribution in [0.25, 0.3) is 11.0 Å². The van der Waals surface area contributed by atoms with Crippen LogP contribution in [0.5, 0.6) is 0 Å². The molecule has 152 valence electrons. The van der Waals surface area contributed by atoms with Gasteiger partial charge in [0.15, 0.2) is 11.3 Å². The molecule has 2 N–H and O–H groups in total. The van der Waals surface area contributed by atoms with Crippen LogP contribution in [0, 0.1) is 0 Å². The predicted molar refractivity (Wildman–Crippen MR) is 120 cm³/mol. The van der Waals surface area contributed by atoms with Crippen LogP contribution in [-0.4, -0.2) is 20.0 Å². The minimum absolute atomic E-state index is 0.158. The molecule has 0 spiro atoms. The standard InChI is InChI=1S/C19H17N5O.2C2H6/c25-17-11-16-18(23-24(17)13-15-9-5-2-6-10-15)19(22-21-16)20-12-14-7-3-1-4-8-14;2*1-2/h1-11,21H,12-13H2,(H,20,22);2*1-2H3. The van der Waals surface area contributed by atoms with E-state index in [2.05, 4.69) is 20.6 Å². The summed E-state index contributed by atoms with van der Waals surface area (Å²) in [5.41, 5.74) is 3.31. The van der Waals surface area contributed by atoms with E-state index in [9.17, 15) is 4.79 Å². The van der Waals surface area contributed by atoms with E-state index >= 15 is 0 Å². The van der Waals surface area contributed by atoms with Crippen molar-refractivity contribution in [3.05, 3.63) is 88.2 Å². The third-order valence-corrected chi connectivity index (χ3v) is 3.99. The van der Waals surface area contributed by atoms with Gasteiger partial charge in [-0.15, -0.1) is 0 Å². The van der Waals surface area contributed by atoms with E-state index in [-0.39, 0.29) is 5.56 Å². The zero-order chi connectivity index (χ0) is 21.1. The highest BCUT2D eigenvalue weighted by molar-refractivity contribution is 5.84. The second kappa shape index (κ2) is 11.4. The monoisotopic (exact) mass is 391 g/mol. The van der Waals surface area contributed by atoms with E-state index in [1.165, 1.54) is 10.7 Å². The molecule has 2 aromatic carbocycles. The molecule has 6 heteroatoms. The van der Waals surface area contributed by atoms with Gasteiger partial charge in [0.2, 0.25) is 0 Å². The second-order valence-electron chi connectivity index (χ2n) is 5.80. The number of nitrogens with one attached hydrogen (secondary N) is 2. The van der Waals surface area contributed by atoms with Crippen molar-refractivity contribution in [2.24, 2.45) is 0 Å². The number of rotatable bonds is 5. The van der Waals surface area contributed by atoms with Crippen LogP contribution in [0.3, 0.4) is 0 Å². The molecule has 2 heterocycles. The Bertz CT molecular complexity index is 1040. The molecule has 6 nitrogen and oxygen atoms in total. The Hall–Kier alpha value is -3.41. The van der Waals surface area contributed by atoms with Crippen molar-refractivity contribution in [3.63, 3.8) is 0 Å². The Balaban J connectivity index is 0.000000707. The van der Waals surface area contributed by atoms with Gasteiger partial charge in [-0.3, -0.25) is 9.89 Å². The lowest BCUT2D eigenvalue weighted by molar-refractivity contribution is 0.653. The number of anilines is 1. The summed E-state index contributed by atoms with van der Waals surface area (Å²) in [6.45, 7) is 9.07. The van der Waals surface area contributed by atoms with Gasteiger partial charge in [-0.25, -0.2) is 4.68 Å². The van der Waals surface area contributed by atoms with Gasteiger partial charge in [-0.1, -0.05) is 88.4 Å². The SMILES string of the molecule is CC.CC.O=c1cc2[nH]nc(NCc3ccccc3)c2nn1Cc1ccccc1. The van der Waals surface area contributed by atoms with Gasteiger partial charge in [0.05, 0.1) is 12.1 Å². The number of fused-ring (bicyclic) bond motifs is 1. The van der Waals surface area contributed by atoms with E-state index < -0.39 is 0 Å². The van der Waals surface area contributed by atoms with Crippen molar-refractivity contribution in [1.82, 2.24) is 20.0 Å². The molecule has 0 bridgehead atoms. The van der Waals surface area contributed by atoms with Gasteiger partial charge < -0.3 is 5.32 Å². The number of benzene rings is 2. The fourth-order valence-electron chi connectivity index (χ4n) is 2.69. The van der Waals surface area contributed by atoms with Crippen LogP contribution in [0.1, 0.15) is 38.8 Å². The van der Waals surface area contributed by atoms with Crippen molar-refractivity contribution in [2.75, 3.05) is 5.32 Å². The first-order valence-electron chi connectivity index (χ1n) is 10.1. The molecule has 0 aliphatic rings. The number of nitrogens with zero attached hydrogens (tertiary/aromatic N) is 3. The summed E-state index contributed by atoms with van der Waals surface area (Å²) in [4.78, 5) is 12.3. The van der Waals surface area contributed by atoms with Crippen LogP contribution in [-0.2, 0) is 13.1 Å². The molecule has 0 aliphatic heterocycles. The first-order valence-corrected chi connectivity index (χ1v) is 10.1. The van der Waals surface area contributed by atoms with E-state index in [0.29, 0.717) is 29.9 Å². The molecule has 4 rings (SSSR count). The van der Waals surface area contributed by atoms with Crippen molar-refractivity contribution >= 4 is 16.9 Å². The third-order valence-electron chi connectivity index (χ3n) is 3.99. The first kappa shape index (κ1) is 21.9. The van der Waals surface area contributed by atoms with Crippen LogP contribution >= 0.6 is 0 Å². The highest BCUT2D eigenvalue weighted by Gasteiger charge is 2.10. The average Bonchev–Trinajstić information content (AvgIpc) is 3.18. The second-order valence-corrected chi connectivity index (χ2v) is 5.80. The van der Waals surface area contributed by atoms with Gasteiger partial charge >= 0.3 is 0 Å². The van der Waals surface area contributed by atoms with E-state index in [0.717, 1.165) is 11.1 Å². The summed E-state index contributed by atoms with van der Waals surface area (Å²) in [6.07, 6.45) is 0. The Morgan fingerprint density at radius 1 is 0.897 bits per heavy atom. The normalized spacial score (nSPS) is 9.79. The topological polar surface area (TPSA) is 75.6 Å². The van der Waals surface area contributed by atoms with Crippen molar-refractivity contribution in [2.45, 2.75) is 40.8 Å². The summed E-state index contributed by atoms with van der Waals surface area (Å²) in [5, 5.41) is 14.9. The highest BCUT2D eigenvalue weighted by atomic mass is 16.1. The molecule has 0 saturated carbocycles. The summed E-state index contributed by atoms with van der Waals surface area (Å²) in [7, 11) is 0. The minimum Gasteiger partial charge on any atom is -0.363 e. The van der Waals surface area contributed by atoms with Crippen molar-refractivity contribution < 1.29 is 0 Å². The van der Waals surface area contributed by atoms with Gasteiger partial charge in [0.25, 0.3) is 5.56 Å². The number of hydrogen-bond acceptors (Lipinski definition) is 4. The van der Waals surface area contributed by atoms with E-state index in [1.807, 2.05) is 88.4 Å². The molecule has 0 unspecified atom stereocenters. The van der Waals surface area contributed by atoms with Crippen LogP contribution in [0.4, 0.5) is 5.82 Å². The average molecular weight is 392 g/mol. The molecule has 0 amide bonds. The van der Waals surface area contributed by atoms with Gasteiger partial charge in [0, 0.05) is 12.6 Å². The van der Waals surface area contributed by atoms with E-state index in [4.69, 9.17) is 0 Å². The van der Waals surface area contributed by atoms with Gasteiger partial charge in [-0.05, 0) is 11.1 Å². The van der Waals surface area contributed by atoms with Crippen LogP contribution < -0.4 is 10.9 Å². The first-order chi connectivity index (χ1) is 14.3. The van der Waals surface area contributed by atoms with Crippen molar-refractivity contribution in [1.29, 1.82) is 0 Å². The number of aromatic amines is 1. The van der Waals surface area contributed by atoms with Gasteiger partial charge in [-0.2, -0.15) is 10.2 Å². The minimum atomic E-state index is -0.158. The number of aromatic nitrogens is 4. The molecule has 2 aromatic heterocycles. The van der Waals surface area contributed by atoms with Crippen molar-refractivity contribution in [3.8, 4) is 0 Å². The molecular formula is C23H29N5O. The number of hydrogen-bond donors (Lipinski definition) is 2. The maximum absolute atomic E-state index is 12.3. The summed E-state index contributed by atoms with van der Waals surface area (Å²) in [5.74, 6) is 0.640. The summed E-state index contributed by atoms with van der Waals surface area (Å²) in [6, 6.07) is 21.4. The molecule has 0 aliphatic carbocycles. The third kappa shape index (κ3) is 5.78. The lowest BCUT2D eigenvalue weighted by atomic mass is 10.2. The fourth-order valence-corrected chi connectivity index (χ4v) is 2.69. The fraction of sp³-hybridized carbons (Fsp3) is 0.261. The predicted octanol–water partition coefficient (Wildman–Crippen LogP) is 4.83. The summed E-state index contributed by atoms with van der Waals surface area (Å²) < 4.78 is 1.46. The van der Waals surface area contributed by atoms with Crippen LogP contribution in [0.2, 0.25) is 0 Å². The zero-order valence-corrected chi connectivity index (χ0v) is 17.5. The zero-order valence-electron chi connectivity index (χ0n) is 17.5. The number of H-pyrrole nitrogens is 1. The molecule has 0 fully saturated rings. The lowest BCUT2D eigenvalue weighted by Gasteiger charge is -2.06. The molecule has 0 radical (unpaired) electrons. The quantitative estimate of drug-likeness (QED) is 0.511. The Labute approximate surface area is 171 Å². The maximum Gasteiger partial charge on any atom is 0.269 e. The lowest BCUT2D eigenvalue weighted by Crippen LogP contribution is -2.22. The smallest absolute Gasteiger partial charge is 0.269 e. The molecule has 4 aromatic rings. The molecular weight excluding hydrogens is 362 g/mol. The molecule has 0 atom stereocenters. The molecule has 0 saturated heterocycles. The summed E-state index contributed by atoms with van der Waals surface area (Å²) >= 11 is 0. The van der Waals surface area contributed by atoms with Gasteiger partial charge in [0.1, 0.15) is 0 Å². The molecule has 29 heavy (non-hydrogen) atoms. The van der Waals surface area contributed by atoms with Crippen LogP contribution in [0.15, 0.2) is 71.5 Å². The Morgan fingerprint density at radius 2 is 1.48 bits per heavy atom.